The summed E-state index contributed by atoms with van der Waals surface area (Å²) >= 11 is 0. The van der Waals surface area contributed by atoms with Crippen LogP contribution in [0.25, 0.3) is 0 Å². The standard InChI is InChI=1S/C75H122O6/c1-4-7-10-13-16-19-22-25-28-31-34-35-36-37-38-39-42-44-47-50-53-56-59-62-65-68-74(77)80-71-72(81-75(78)69-66-63-60-57-54-51-48-45-41-33-30-27-24-21-18-15-12-9-6-3)70-79-73(76)67-64-61-58-55-52-49-46-43-40-32-29-26-23-20-17-14-11-8-5-2/h8-9,11-12,17-18,20-22,25-27,29-31,34,40-41,43,45,51,54,60,63,72H,4-7,10,13-16,19,23-24,28,32-33,35-39,42,44,46-50,52-53,55-59,61-62,64-71H2,1-3H3/b11-8-,12-9-,20-17-,21-18-,25-22-,29-26-,30-27-,34-31-,43-40-,45-41-,54-51-,63-60-. The molecule has 0 heterocycles. The van der Waals surface area contributed by atoms with Gasteiger partial charge in [-0.2, -0.15) is 0 Å². The first kappa shape index (κ1) is 76.3. The second kappa shape index (κ2) is 67.8. The van der Waals surface area contributed by atoms with Gasteiger partial charge in [-0.15, -0.1) is 0 Å². The molecule has 1 unspecified atom stereocenters. The quantitative estimate of drug-likeness (QED) is 0.0261. The smallest absolute Gasteiger partial charge is 0.306 e. The summed E-state index contributed by atoms with van der Waals surface area (Å²) in [4.78, 5) is 38.4. The van der Waals surface area contributed by atoms with Crippen molar-refractivity contribution in [2.24, 2.45) is 0 Å². The average molecular weight is 1120 g/mol. The Labute approximate surface area is 499 Å². The molecule has 6 heteroatoms. The lowest BCUT2D eigenvalue weighted by molar-refractivity contribution is -0.166. The highest BCUT2D eigenvalue weighted by molar-refractivity contribution is 5.71. The minimum Gasteiger partial charge on any atom is -0.462 e. The van der Waals surface area contributed by atoms with E-state index < -0.39 is 12.1 Å². The van der Waals surface area contributed by atoms with E-state index in [2.05, 4.69) is 161 Å². The monoisotopic (exact) mass is 1120 g/mol. The van der Waals surface area contributed by atoms with Crippen LogP contribution in [-0.4, -0.2) is 37.2 Å². The van der Waals surface area contributed by atoms with E-state index in [0.29, 0.717) is 19.3 Å². The lowest BCUT2D eigenvalue weighted by Crippen LogP contribution is -2.30. The SMILES string of the molecule is CC/C=C\C/C=C\C/C=C\C/C=C\C/C=C\C/C=C\CCC(=O)OC(COC(=O)CCCCCCCC/C=C\C/C=C\C/C=C\C/C=C\CC)COC(=O)CCCCCCCCCCCCCCC/C=C\C/C=C\CCCCCCC. The van der Waals surface area contributed by atoms with E-state index in [1.807, 2.05) is 6.08 Å². The molecule has 0 fully saturated rings. The van der Waals surface area contributed by atoms with E-state index >= 15 is 0 Å². The third-order valence-electron chi connectivity index (χ3n) is 13.8. The summed E-state index contributed by atoms with van der Waals surface area (Å²) in [5.74, 6) is -1.02. The van der Waals surface area contributed by atoms with Gasteiger partial charge in [0.05, 0.1) is 0 Å². The minimum atomic E-state index is -0.833. The Kier molecular flexibility index (Phi) is 63.9. The largest absolute Gasteiger partial charge is 0.462 e. The Morgan fingerprint density at radius 2 is 0.506 bits per heavy atom. The predicted octanol–water partition coefficient (Wildman–Crippen LogP) is 23.1. The van der Waals surface area contributed by atoms with Crippen LogP contribution >= 0.6 is 0 Å². The molecular weight excluding hydrogens is 997 g/mol. The first-order valence-corrected chi connectivity index (χ1v) is 33.3. The number of carbonyl (C=O) groups excluding carboxylic acids is 3. The van der Waals surface area contributed by atoms with E-state index in [1.165, 1.54) is 122 Å². The van der Waals surface area contributed by atoms with Gasteiger partial charge in [-0.1, -0.05) is 289 Å². The zero-order valence-corrected chi connectivity index (χ0v) is 52.5. The highest BCUT2D eigenvalue weighted by Gasteiger charge is 2.19. The van der Waals surface area contributed by atoms with E-state index in [-0.39, 0.29) is 31.6 Å². The number of esters is 3. The number of rotatable bonds is 59. The molecule has 0 bridgehead atoms. The van der Waals surface area contributed by atoms with Gasteiger partial charge in [0.15, 0.2) is 6.10 Å². The number of carbonyl (C=O) groups is 3. The third-order valence-corrected chi connectivity index (χ3v) is 13.8. The van der Waals surface area contributed by atoms with Gasteiger partial charge in [0.1, 0.15) is 13.2 Å². The van der Waals surface area contributed by atoms with Crippen molar-refractivity contribution in [1.82, 2.24) is 0 Å². The highest BCUT2D eigenvalue weighted by atomic mass is 16.6. The van der Waals surface area contributed by atoms with Crippen molar-refractivity contribution >= 4 is 17.9 Å². The van der Waals surface area contributed by atoms with Crippen LogP contribution in [0.1, 0.15) is 290 Å². The molecule has 6 nitrogen and oxygen atoms in total. The van der Waals surface area contributed by atoms with Crippen molar-refractivity contribution < 1.29 is 28.6 Å². The molecule has 1 atom stereocenters. The molecule has 458 valence electrons. The van der Waals surface area contributed by atoms with Gasteiger partial charge in [0.25, 0.3) is 0 Å². The summed E-state index contributed by atoms with van der Waals surface area (Å²) in [6.07, 6.45) is 97.3. The fourth-order valence-corrected chi connectivity index (χ4v) is 8.90. The van der Waals surface area contributed by atoms with Crippen LogP contribution in [0.5, 0.6) is 0 Å². The van der Waals surface area contributed by atoms with Crippen LogP contribution in [-0.2, 0) is 28.6 Å². The van der Waals surface area contributed by atoms with E-state index in [9.17, 15) is 14.4 Å². The van der Waals surface area contributed by atoms with Gasteiger partial charge in [-0.05, 0) is 128 Å². The Morgan fingerprint density at radius 1 is 0.259 bits per heavy atom. The lowest BCUT2D eigenvalue weighted by atomic mass is 10.0. The van der Waals surface area contributed by atoms with E-state index in [1.54, 1.807) is 0 Å². The molecule has 0 saturated carbocycles. The van der Waals surface area contributed by atoms with Gasteiger partial charge in [-0.25, -0.2) is 0 Å². The van der Waals surface area contributed by atoms with Crippen LogP contribution < -0.4 is 0 Å². The van der Waals surface area contributed by atoms with Crippen molar-refractivity contribution in [3.8, 4) is 0 Å². The number of hydrogen-bond acceptors (Lipinski definition) is 6. The van der Waals surface area contributed by atoms with Gasteiger partial charge < -0.3 is 14.2 Å². The zero-order chi connectivity index (χ0) is 58.5. The van der Waals surface area contributed by atoms with Crippen LogP contribution in [0, 0.1) is 0 Å². The number of ether oxygens (including phenoxy) is 3. The molecule has 0 rings (SSSR count). The van der Waals surface area contributed by atoms with Gasteiger partial charge in [0, 0.05) is 19.3 Å². The van der Waals surface area contributed by atoms with Gasteiger partial charge in [0.2, 0.25) is 0 Å². The van der Waals surface area contributed by atoms with Crippen LogP contribution in [0.15, 0.2) is 146 Å². The van der Waals surface area contributed by atoms with Crippen LogP contribution in [0.3, 0.4) is 0 Å². The first-order valence-electron chi connectivity index (χ1n) is 33.3. The molecule has 0 aliphatic rings. The second-order valence-electron chi connectivity index (χ2n) is 21.6. The summed E-state index contributed by atoms with van der Waals surface area (Å²) in [6.45, 7) is 6.34. The summed E-state index contributed by atoms with van der Waals surface area (Å²) in [5, 5.41) is 0. The number of hydrogen-bond donors (Lipinski definition) is 0. The molecule has 81 heavy (non-hydrogen) atoms. The number of allylic oxidation sites excluding steroid dienone is 24. The van der Waals surface area contributed by atoms with Crippen LogP contribution in [0.2, 0.25) is 0 Å². The average Bonchev–Trinajstić information content (AvgIpc) is 3.47. The molecule has 0 aliphatic carbocycles. The minimum absolute atomic E-state index is 0.118. The lowest BCUT2D eigenvalue weighted by Gasteiger charge is -2.18. The molecule has 0 radical (unpaired) electrons. The summed E-state index contributed by atoms with van der Waals surface area (Å²) in [7, 11) is 0. The predicted molar refractivity (Wildman–Crippen MR) is 352 cm³/mol. The molecule has 0 aliphatic heterocycles. The normalized spacial score (nSPS) is 13.1. The molecule has 0 saturated heterocycles. The maximum Gasteiger partial charge on any atom is 0.306 e. The Balaban J connectivity index is 4.48. The first-order chi connectivity index (χ1) is 40.0. The Morgan fingerprint density at radius 3 is 0.802 bits per heavy atom. The topological polar surface area (TPSA) is 78.9 Å². The molecule has 0 aromatic rings. The van der Waals surface area contributed by atoms with E-state index in [4.69, 9.17) is 14.2 Å². The van der Waals surface area contributed by atoms with Crippen molar-refractivity contribution in [2.45, 2.75) is 297 Å². The third kappa shape index (κ3) is 66.0. The van der Waals surface area contributed by atoms with Gasteiger partial charge >= 0.3 is 17.9 Å². The Hall–Kier alpha value is -4.71. The van der Waals surface area contributed by atoms with Crippen molar-refractivity contribution in [3.63, 3.8) is 0 Å². The van der Waals surface area contributed by atoms with Crippen molar-refractivity contribution in [2.75, 3.05) is 13.2 Å². The summed E-state index contributed by atoms with van der Waals surface area (Å²) < 4.78 is 16.9. The number of unbranched alkanes of at least 4 members (excludes halogenated alkanes) is 24. The maximum absolute atomic E-state index is 12.9. The fourth-order valence-electron chi connectivity index (χ4n) is 8.90. The molecule has 0 amide bonds. The zero-order valence-electron chi connectivity index (χ0n) is 52.5. The van der Waals surface area contributed by atoms with Crippen molar-refractivity contribution in [3.05, 3.63) is 146 Å². The summed E-state index contributed by atoms with van der Waals surface area (Å²) in [6, 6.07) is 0. The highest BCUT2D eigenvalue weighted by Crippen LogP contribution is 2.15. The molecule has 0 aromatic heterocycles. The van der Waals surface area contributed by atoms with Gasteiger partial charge in [-0.3, -0.25) is 14.4 Å². The summed E-state index contributed by atoms with van der Waals surface area (Å²) in [5.41, 5.74) is 0. The molecule has 0 spiro atoms. The molecule has 0 aromatic carbocycles. The molecule has 0 N–H and O–H groups in total. The maximum atomic E-state index is 12.9. The second-order valence-corrected chi connectivity index (χ2v) is 21.6. The van der Waals surface area contributed by atoms with Crippen molar-refractivity contribution in [1.29, 1.82) is 0 Å². The van der Waals surface area contributed by atoms with Crippen LogP contribution in [0.4, 0.5) is 0 Å². The Bertz CT molecular complexity index is 1760. The fraction of sp³-hybridized carbons (Fsp3) is 0.640. The van der Waals surface area contributed by atoms with E-state index in [0.717, 1.165) is 122 Å². The molecular formula is C75H122O6.